The molecule has 4 aliphatic rings. The first-order chi connectivity index (χ1) is 30.1. The Balaban J connectivity index is 0.912. The molecular weight excluding hydrogens is 957 g/mol. The van der Waals surface area contributed by atoms with E-state index in [9.17, 15) is 27.2 Å². The number of sulfonamides is 1. The van der Waals surface area contributed by atoms with Crippen LogP contribution in [0.3, 0.4) is 0 Å². The predicted molar refractivity (Wildman–Crippen MR) is 252 cm³/mol. The standard InChI is InChI=1S/C46H57FIN7O6S2/c1-28(2)55-37-17-11-15-34(41-51-36(27-62-41)29-12-9-10-13-29)39(37)52-44(55)61-33-24-38(40(49)56)54(26-33)42(57)35(50-32-20-18-31(47)19-21-32)16-8-6-4-5-7-14-30-25-46(30,48)43(58)53-63(59,60)45(3)22-23-45/h7,11,14-15,17-21,27-30,33,35,38,50H,4-6,8-10,12-13,16,22-26H2,1-3H3,(H2,49,56)(H,53,58)/b14-7-/t30-,33-,35+,38+,46-/m1/s1. The maximum atomic E-state index is 14.5. The Morgan fingerprint density at radius 1 is 1.08 bits per heavy atom. The van der Waals surface area contributed by atoms with Crippen LogP contribution in [0.15, 0.2) is 60.0 Å². The average Bonchev–Trinajstić information content (AvgIpc) is 3.72. The second kappa shape index (κ2) is 18.4. The third kappa shape index (κ3) is 9.80. The van der Waals surface area contributed by atoms with Gasteiger partial charge in [-0.15, -0.1) is 11.3 Å². The van der Waals surface area contributed by atoms with E-state index in [0.29, 0.717) is 49.7 Å². The number of fused-ring (bicyclic) bond motifs is 1. The number of thiazole rings is 1. The molecule has 0 radical (unpaired) electrons. The number of benzene rings is 2. The number of allylic oxidation sites excluding steroid dienone is 2. The number of carbonyl (C=O) groups excluding carboxylic acids is 3. The fourth-order valence-electron chi connectivity index (χ4n) is 8.99. The molecule has 0 spiro atoms. The number of nitrogens with two attached hydrogens (primary N) is 1. The largest absolute Gasteiger partial charge is 0.459 e. The van der Waals surface area contributed by atoms with E-state index >= 15 is 0 Å². The Hall–Kier alpha value is -4.10. The van der Waals surface area contributed by atoms with Crippen LogP contribution >= 0.6 is 33.9 Å². The first kappa shape index (κ1) is 45.5. The molecule has 5 atom stereocenters. The summed E-state index contributed by atoms with van der Waals surface area (Å²) in [5.74, 6) is -1.28. The van der Waals surface area contributed by atoms with Gasteiger partial charge < -0.3 is 20.7 Å². The third-order valence-corrected chi connectivity index (χ3v) is 18.0. The summed E-state index contributed by atoms with van der Waals surface area (Å²) >= 11 is 3.71. The van der Waals surface area contributed by atoms with Crippen molar-refractivity contribution in [3.05, 3.63) is 71.5 Å². The zero-order valence-corrected chi connectivity index (χ0v) is 39.8. The molecule has 2 aromatic heterocycles. The van der Waals surface area contributed by atoms with E-state index in [0.717, 1.165) is 46.6 Å². The molecular formula is C46H57FIN7O6S2. The van der Waals surface area contributed by atoms with Gasteiger partial charge >= 0.3 is 0 Å². The molecule has 338 valence electrons. The number of alkyl halides is 1. The number of aromatic nitrogens is 3. The van der Waals surface area contributed by atoms with Crippen LogP contribution in [0.4, 0.5) is 10.1 Å². The van der Waals surface area contributed by atoms with E-state index in [1.54, 1.807) is 30.4 Å². The van der Waals surface area contributed by atoms with Crippen molar-refractivity contribution in [2.24, 2.45) is 11.7 Å². The van der Waals surface area contributed by atoms with E-state index in [4.69, 9.17) is 20.4 Å². The van der Waals surface area contributed by atoms with Gasteiger partial charge in [0.25, 0.3) is 6.01 Å². The third-order valence-electron chi connectivity index (χ3n) is 13.2. The van der Waals surface area contributed by atoms with Gasteiger partial charge in [0.05, 0.1) is 22.5 Å². The molecule has 13 nitrogen and oxygen atoms in total. The Bertz CT molecular complexity index is 2480. The van der Waals surface area contributed by atoms with Crippen LogP contribution in [-0.2, 0) is 24.4 Å². The maximum Gasteiger partial charge on any atom is 0.297 e. The minimum absolute atomic E-state index is 0.00179. The first-order valence-electron chi connectivity index (χ1n) is 22.2. The summed E-state index contributed by atoms with van der Waals surface area (Å²) in [6, 6.07) is 10.7. The van der Waals surface area contributed by atoms with Crippen molar-refractivity contribution in [1.29, 1.82) is 0 Å². The number of ether oxygens (including phenoxy) is 1. The van der Waals surface area contributed by atoms with Crippen LogP contribution in [0.5, 0.6) is 6.01 Å². The van der Waals surface area contributed by atoms with Gasteiger partial charge in [0.2, 0.25) is 27.7 Å². The highest BCUT2D eigenvalue weighted by Gasteiger charge is 2.59. The number of likely N-dealkylation sites (tertiary alicyclic amines) is 1. The number of nitrogens with one attached hydrogen (secondary N) is 2. The van der Waals surface area contributed by atoms with Crippen LogP contribution in [0.1, 0.15) is 122 Å². The highest BCUT2D eigenvalue weighted by Crippen LogP contribution is 2.53. The molecule has 0 unspecified atom stereocenters. The van der Waals surface area contributed by atoms with Crippen molar-refractivity contribution in [1.82, 2.24) is 24.2 Å². The van der Waals surface area contributed by atoms with Gasteiger partial charge in [-0.25, -0.2) is 17.8 Å². The van der Waals surface area contributed by atoms with Crippen LogP contribution < -0.4 is 20.5 Å². The van der Waals surface area contributed by atoms with Gasteiger partial charge in [-0.3, -0.25) is 23.7 Å². The summed E-state index contributed by atoms with van der Waals surface area (Å²) in [5, 5.41) is 6.39. The molecule has 4 N–H and O–H groups in total. The van der Waals surface area contributed by atoms with E-state index in [1.807, 2.05) is 34.9 Å². The molecule has 3 aliphatic carbocycles. The molecule has 63 heavy (non-hydrogen) atoms. The van der Waals surface area contributed by atoms with Crippen LogP contribution in [0, 0.1) is 11.7 Å². The molecule has 3 saturated carbocycles. The molecule has 1 aliphatic heterocycles. The van der Waals surface area contributed by atoms with Crippen molar-refractivity contribution in [2.75, 3.05) is 11.9 Å². The maximum absolute atomic E-state index is 14.5. The Kier molecular flexibility index (Phi) is 13.3. The fraction of sp³-hybridized carbons (Fsp3) is 0.543. The fourth-order valence-corrected chi connectivity index (χ4v) is 12.2. The number of amides is 3. The molecule has 4 fully saturated rings. The number of rotatable bonds is 19. The summed E-state index contributed by atoms with van der Waals surface area (Å²) < 4.78 is 48.4. The lowest BCUT2D eigenvalue weighted by atomic mass is 10.0. The van der Waals surface area contributed by atoms with E-state index in [2.05, 4.69) is 51.9 Å². The van der Waals surface area contributed by atoms with Gasteiger partial charge in [0, 0.05) is 40.9 Å². The number of hydrogen-bond acceptors (Lipinski definition) is 10. The second-order valence-electron chi connectivity index (χ2n) is 18.3. The smallest absolute Gasteiger partial charge is 0.297 e. The SMILES string of the molecule is CC(C)n1c(O[C@@H]2C[C@@H](C(N)=O)N(C(=O)[C@H](CCCCC/C=C\[C@@H]3C[C@]3(I)C(=O)NS(=O)(=O)C3(C)CC3)Nc3ccc(F)cc3)C2)nc2c(-c3nc(C4CCCC4)cs3)cccc21. The molecule has 17 heteroatoms. The van der Waals surface area contributed by atoms with Crippen molar-refractivity contribution in [3.63, 3.8) is 0 Å². The summed E-state index contributed by atoms with van der Waals surface area (Å²) in [6.07, 6.45) is 13.8. The Morgan fingerprint density at radius 2 is 1.83 bits per heavy atom. The van der Waals surface area contributed by atoms with Crippen molar-refractivity contribution >= 4 is 78.4 Å². The molecule has 3 heterocycles. The normalized spacial score (nSPS) is 23.7. The van der Waals surface area contributed by atoms with Crippen LogP contribution in [0.2, 0.25) is 0 Å². The lowest BCUT2D eigenvalue weighted by Crippen LogP contribution is -2.49. The quantitative estimate of drug-likeness (QED) is 0.0359. The minimum atomic E-state index is -3.68. The number of para-hydroxylation sites is 1. The lowest BCUT2D eigenvalue weighted by molar-refractivity contribution is -0.138. The van der Waals surface area contributed by atoms with Crippen molar-refractivity contribution < 1.29 is 31.9 Å². The molecule has 0 bridgehead atoms. The molecule has 1 saturated heterocycles. The van der Waals surface area contributed by atoms with E-state index in [-0.39, 0.29) is 30.8 Å². The minimum Gasteiger partial charge on any atom is -0.459 e. The van der Waals surface area contributed by atoms with Crippen molar-refractivity contribution in [2.45, 2.75) is 143 Å². The van der Waals surface area contributed by atoms with E-state index in [1.165, 1.54) is 42.7 Å². The first-order valence-corrected chi connectivity index (χ1v) is 25.7. The lowest BCUT2D eigenvalue weighted by Gasteiger charge is -2.28. The summed E-state index contributed by atoms with van der Waals surface area (Å²) in [6.45, 7) is 5.93. The molecule has 2 aromatic carbocycles. The van der Waals surface area contributed by atoms with Crippen LogP contribution in [0.25, 0.3) is 21.6 Å². The van der Waals surface area contributed by atoms with E-state index < -0.39 is 54.0 Å². The number of carbonyl (C=O) groups is 3. The number of nitrogens with zero attached hydrogens (tertiary/aromatic N) is 4. The topological polar surface area (TPSA) is 179 Å². The number of hydrogen-bond donors (Lipinski definition) is 3. The number of unbranched alkanes of at least 4 members (excludes halogenated alkanes) is 3. The number of anilines is 1. The molecule has 4 aromatic rings. The summed E-state index contributed by atoms with van der Waals surface area (Å²) in [5.41, 5.74) is 10.3. The zero-order chi connectivity index (χ0) is 44.7. The number of halogens is 2. The van der Waals surface area contributed by atoms with Crippen molar-refractivity contribution in [3.8, 4) is 16.6 Å². The average molecular weight is 1010 g/mol. The van der Waals surface area contributed by atoms with Gasteiger partial charge in [0.1, 0.15) is 38.0 Å². The van der Waals surface area contributed by atoms with Crippen LogP contribution in [-0.4, -0.2) is 78.5 Å². The summed E-state index contributed by atoms with van der Waals surface area (Å²) in [7, 11) is -3.68. The monoisotopic (exact) mass is 1010 g/mol. The highest BCUT2D eigenvalue weighted by atomic mass is 127. The second-order valence-corrected chi connectivity index (χ2v) is 23.3. The summed E-state index contributed by atoms with van der Waals surface area (Å²) in [4.78, 5) is 51.9. The van der Waals surface area contributed by atoms with Gasteiger partial charge in [-0.05, 0) is 109 Å². The number of imidazole rings is 1. The van der Waals surface area contributed by atoms with Gasteiger partial charge in [0.15, 0.2) is 0 Å². The highest BCUT2D eigenvalue weighted by molar-refractivity contribution is 14.1. The Labute approximate surface area is 386 Å². The number of primary amides is 1. The Morgan fingerprint density at radius 3 is 2.52 bits per heavy atom. The molecule has 8 rings (SSSR count). The molecule has 3 amide bonds. The zero-order valence-electron chi connectivity index (χ0n) is 36.0. The van der Waals surface area contributed by atoms with Gasteiger partial charge in [-0.1, -0.05) is 66.5 Å². The predicted octanol–water partition coefficient (Wildman–Crippen LogP) is 8.55. The van der Waals surface area contributed by atoms with Gasteiger partial charge in [-0.2, -0.15) is 4.98 Å².